The molecule has 2 rings (SSSR count). The summed E-state index contributed by atoms with van der Waals surface area (Å²) in [6.45, 7) is 1.41. The zero-order valence-corrected chi connectivity index (χ0v) is 8.63. The number of carboxylic acid groups (broad SMARTS) is 1. The van der Waals surface area contributed by atoms with Gasteiger partial charge >= 0.3 is 6.09 Å². The predicted molar refractivity (Wildman–Crippen MR) is 55.0 cm³/mol. The molecule has 0 spiro atoms. The van der Waals surface area contributed by atoms with Gasteiger partial charge in [0.25, 0.3) is 0 Å². The number of amides is 1. The SMILES string of the molecule is O=C(O)NC1CNCC(c2ncncn2)C1. The minimum atomic E-state index is -0.997. The van der Waals surface area contributed by atoms with Crippen molar-refractivity contribution in [3.05, 3.63) is 18.5 Å². The van der Waals surface area contributed by atoms with E-state index < -0.39 is 6.09 Å². The van der Waals surface area contributed by atoms with E-state index >= 15 is 0 Å². The summed E-state index contributed by atoms with van der Waals surface area (Å²) in [5, 5.41) is 14.3. The van der Waals surface area contributed by atoms with E-state index in [1.807, 2.05) is 0 Å². The maximum atomic E-state index is 10.5. The van der Waals surface area contributed by atoms with Gasteiger partial charge in [0.15, 0.2) is 0 Å². The first-order chi connectivity index (χ1) is 7.75. The number of aromatic nitrogens is 3. The van der Waals surface area contributed by atoms with Crippen LogP contribution in [0.3, 0.4) is 0 Å². The first-order valence-electron chi connectivity index (χ1n) is 5.08. The second kappa shape index (κ2) is 4.84. The molecule has 2 heterocycles. The summed E-state index contributed by atoms with van der Waals surface area (Å²) in [5.74, 6) is 0.841. The number of nitrogens with zero attached hydrogens (tertiary/aromatic N) is 3. The highest BCUT2D eigenvalue weighted by Gasteiger charge is 2.25. The summed E-state index contributed by atoms with van der Waals surface area (Å²) >= 11 is 0. The van der Waals surface area contributed by atoms with Crippen LogP contribution in [0.5, 0.6) is 0 Å². The van der Waals surface area contributed by atoms with Crippen LogP contribution >= 0.6 is 0 Å². The largest absolute Gasteiger partial charge is 0.465 e. The highest BCUT2D eigenvalue weighted by Crippen LogP contribution is 2.19. The fraction of sp³-hybridized carbons (Fsp3) is 0.556. The molecule has 1 aromatic rings. The molecule has 2 atom stereocenters. The molecule has 1 amide bonds. The van der Waals surface area contributed by atoms with E-state index in [2.05, 4.69) is 25.6 Å². The van der Waals surface area contributed by atoms with Gasteiger partial charge in [0.05, 0.1) is 0 Å². The summed E-state index contributed by atoms with van der Waals surface area (Å²) in [6.07, 6.45) is 2.62. The number of piperidine rings is 1. The Morgan fingerprint density at radius 3 is 2.88 bits per heavy atom. The average Bonchev–Trinajstić information content (AvgIpc) is 2.30. The van der Waals surface area contributed by atoms with Crippen molar-refractivity contribution in [2.24, 2.45) is 0 Å². The topological polar surface area (TPSA) is 100 Å². The molecule has 1 aliphatic rings. The van der Waals surface area contributed by atoms with Gasteiger partial charge in [-0.3, -0.25) is 0 Å². The smallest absolute Gasteiger partial charge is 0.404 e. The van der Waals surface area contributed by atoms with Gasteiger partial charge in [0.2, 0.25) is 0 Å². The molecule has 86 valence electrons. The van der Waals surface area contributed by atoms with Crippen LogP contribution in [0.2, 0.25) is 0 Å². The maximum Gasteiger partial charge on any atom is 0.404 e. The van der Waals surface area contributed by atoms with Crippen molar-refractivity contribution in [3.63, 3.8) is 0 Å². The molecule has 1 saturated heterocycles. The number of nitrogens with one attached hydrogen (secondary N) is 2. The summed E-state index contributed by atoms with van der Waals surface area (Å²) in [4.78, 5) is 22.4. The minimum absolute atomic E-state index is 0.0898. The van der Waals surface area contributed by atoms with Crippen LogP contribution in [0.15, 0.2) is 12.7 Å². The number of hydrogen-bond acceptors (Lipinski definition) is 5. The Bertz CT molecular complexity index is 358. The van der Waals surface area contributed by atoms with Crippen molar-refractivity contribution < 1.29 is 9.90 Å². The summed E-state index contributed by atoms with van der Waals surface area (Å²) in [6, 6.07) is -0.0898. The van der Waals surface area contributed by atoms with Crippen molar-refractivity contribution >= 4 is 6.09 Å². The molecule has 0 radical (unpaired) electrons. The zero-order valence-electron chi connectivity index (χ0n) is 8.63. The van der Waals surface area contributed by atoms with Crippen LogP contribution in [-0.4, -0.2) is 45.3 Å². The van der Waals surface area contributed by atoms with E-state index in [0.717, 1.165) is 6.54 Å². The predicted octanol–water partition coefficient (Wildman–Crippen LogP) is -0.415. The number of hydrogen-bond donors (Lipinski definition) is 3. The van der Waals surface area contributed by atoms with E-state index in [4.69, 9.17) is 5.11 Å². The molecule has 16 heavy (non-hydrogen) atoms. The van der Waals surface area contributed by atoms with Crippen LogP contribution in [0, 0.1) is 0 Å². The van der Waals surface area contributed by atoms with Crippen molar-refractivity contribution in [2.75, 3.05) is 13.1 Å². The molecular formula is C9H13N5O2. The lowest BCUT2D eigenvalue weighted by Crippen LogP contribution is -2.48. The zero-order chi connectivity index (χ0) is 11.4. The van der Waals surface area contributed by atoms with Gasteiger partial charge in [-0.15, -0.1) is 0 Å². The summed E-state index contributed by atoms with van der Waals surface area (Å²) < 4.78 is 0. The number of rotatable bonds is 2. The van der Waals surface area contributed by atoms with Crippen molar-refractivity contribution in [3.8, 4) is 0 Å². The molecule has 0 aromatic carbocycles. The van der Waals surface area contributed by atoms with Gasteiger partial charge in [-0.05, 0) is 6.42 Å². The Morgan fingerprint density at radius 1 is 1.44 bits per heavy atom. The van der Waals surface area contributed by atoms with Crippen molar-refractivity contribution in [1.82, 2.24) is 25.6 Å². The van der Waals surface area contributed by atoms with Crippen LogP contribution in [0.1, 0.15) is 18.2 Å². The van der Waals surface area contributed by atoms with Gasteiger partial charge in [-0.1, -0.05) is 0 Å². The Hall–Kier alpha value is -1.76. The Labute approximate surface area is 92.3 Å². The fourth-order valence-corrected chi connectivity index (χ4v) is 1.88. The Balaban J connectivity index is 1.99. The van der Waals surface area contributed by atoms with Gasteiger partial charge in [-0.25, -0.2) is 19.7 Å². The molecular weight excluding hydrogens is 210 g/mol. The van der Waals surface area contributed by atoms with E-state index in [-0.39, 0.29) is 12.0 Å². The normalized spacial score (nSPS) is 25.0. The second-order valence-corrected chi connectivity index (χ2v) is 3.73. The molecule has 1 aliphatic heterocycles. The lowest BCUT2D eigenvalue weighted by Gasteiger charge is -2.28. The highest BCUT2D eigenvalue weighted by molar-refractivity contribution is 5.64. The van der Waals surface area contributed by atoms with Crippen LogP contribution in [-0.2, 0) is 0 Å². The van der Waals surface area contributed by atoms with E-state index in [1.54, 1.807) is 0 Å². The Morgan fingerprint density at radius 2 is 2.19 bits per heavy atom. The molecule has 0 aliphatic carbocycles. The van der Waals surface area contributed by atoms with E-state index in [0.29, 0.717) is 18.8 Å². The third-order valence-corrected chi connectivity index (χ3v) is 2.56. The van der Waals surface area contributed by atoms with Gasteiger partial charge < -0.3 is 15.7 Å². The Kier molecular flexibility index (Phi) is 3.25. The van der Waals surface area contributed by atoms with Gasteiger partial charge in [-0.2, -0.15) is 0 Å². The van der Waals surface area contributed by atoms with Crippen molar-refractivity contribution in [1.29, 1.82) is 0 Å². The van der Waals surface area contributed by atoms with Gasteiger partial charge in [0, 0.05) is 25.0 Å². The molecule has 1 aromatic heterocycles. The first-order valence-corrected chi connectivity index (χ1v) is 5.08. The lowest BCUT2D eigenvalue weighted by molar-refractivity contribution is 0.185. The van der Waals surface area contributed by atoms with Crippen LogP contribution in [0.25, 0.3) is 0 Å². The summed E-state index contributed by atoms with van der Waals surface area (Å²) in [7, 11) is 0. The third kappa shape index (κ3) is 2.63. The molecule has 7 nitrogen and oxygen atoms in total. The molecule has 7 heteroatoms. The quantitative estimate of drug-likeness (QED) is 0.630. The summed E-state index contributed by atoms with van der Waals surface area (Å²) in [5.41, 5.74) is 0. The minimum Gasteiger partial charge on any atom is -0.465 e. The molecule has 0 bridgehead atoms. The molecule has 0 saturated carbocycles. The monoisotopic (exact) mass is 223 g/mol. The van der Waals surface area contributed by atoms with E-state index in [1.165, 1.54) is 12.7 Å². The maximum absolute atomic E-state index is 10.5. The molecule has 3 N–H and O–H groups in total. The standard InChI is InChI=1S/C9H13N5O2/c15-9(16)14-7-1-6(2-10-3-7)8-12-4-11-5-13-8/h4-7,10,14H,1-3H2,(H,15,16). The van der Waals surface area contributed by atoms with Crippen LogP contribution in [0.4, 0.5) is 4.79 Å². The van der Waals surface area contributed by atoms with Crippen LogP contribution < -0.4 is 10.6 Å². The van der Waals surface area contributed by atoms with Crippen molar-refractivity contribution in [2.45, 2.75) is 18.4 Å². The highest BCUT2D eigenvalue weighted by atomic mass is 16.4. The third-order valence-electron chi connectivity index (χ3n) is 2.56. The molecule has 2 unspecified atom stereocenters. The average molecular weight is 223 g/mol. The second-order valence-electron chi connectivity index (χ2n) is 3.73. The first kappa shape index (κ1) is 10.7. The van der Waals surface area contributed by atoms with E-state index in [9.17, 15) is 4.79 Å². The lowest BCUT2D eigenvalue weighted by atomic mass is 9.95. The number of carbonyl (C=O) groups is 1. The fourth-order valence-electron chi connectivity index (χ4n) is 1.88. The molecule has 1 fully saturated rings. The van der Waals surface area contributed by atoms with Gasteiger partial charge in [0.1, 0.15) is 18.5 Å².